The van der Waals surface area contributed by atoms with E-state index in [0.29, 0.717) is 26.8 Å². The van der Waals surface area contributed by atoms with E-state index < -0.39 is 0 Å². The molecule has 1 heterocycles. The van der Waals surface area contributed by atoms with Gasteiger partial charge in [-0.15, -0.1) is 10.2 Å². The second kappa shape index (κ2) is 9.23. The first-order valence-electron chi connectivity index (χ1n) is 9.54. The number of aromatic nitrogens is 2. The summed E-state index contributed by atoms with van der Waals surface area (Å²) in [5.74, 6) is -0.934. The fraction of sp³-hybridized carbons (Fsp3) is 0. The van der Waals surface area contributed by atoms with Gasteiger partial charge in [-0.05, 0) is 42.0 Å². The summed E-state index contributed by atoms with van der Waals surface area (Å²) in [5, 5.41) is 30.5. The fourth-order valence-corrected chi connectivity index (χ4v) is 3.57. The first kappa shape index (κ1) is 21.0. The molecule has 4 aromatic rings. The lowest BCUT2D eigenvalue weighted by molar-refractivity contribution is 0.102. The van der Waals surface area contributed by atoms with Crippen molar-refractivity contribution in [2.75, 3.05) is 5.32 Å². The van der Waals surface area contributed by atoms with E-state index in [1.807, 2.05) is 18.2 Å². The Morgan fingerprint density at radius 1 is 0.844 bits per heavy atom. The minimum absolute atomic E-state index is 0.0959. The second-order valence-electron chi connectivity index (χ2n) is 6.76. The Morgan fingerprint density at radius 2 is 1.59 bits per heavy atom. The number of rotatable bonds is 6. The average molecular weight is 443 g/mol. The maximum Gasteiger partial charge on any atom is 0.257 e. The van der Waals surface area contributed by atoms with Crippen molar-refractivity contribution in [1.82, 2.24) is 10.2 Å². The lowest BCUT2D eigenvalue weighted by Gasteiger charge is -2.02. The Morgan fingerprint density at radius 3 is 2.31 bits per heavy atom. The summed E-state index contributed by atoms with van der Waals surface area (Å²) in [7, 11) is 0. The summed E-state index contributed by atoms with van der Waals surface area (Å²) in [6.45, 7) is 0. The zero-order chi connectivity index (χ0) is 22.5. The highest BCUT2D eigenvalue weighted by atomic mass is 32.1. The van der Waals surface area contributed by atoms with E-state index in [1.54, 1.807) is 48.5 Å². The highest BCUT2D eigenvalue weighted by molar-refractivity contribution is 7.18. The first-order chi connectivity index (χ1) is 15.5. The molecule has 0 radical (unpaired) electrons. The highest BCUT2D eigenvalue weighted by Gasteiger charge is 2.12. The van der Waals surface area contributed by atoms with Crippen LogP contribution in [0.15, 0.2) is 78.9 Å². The van der Waals surface area contributed by atoms with Crippen molar-refractivity contribution in [3.05, 3.63) is 95.6 Å². The number of amides is 1. The van der Waals surface area contributed by atoms with E-state index in [4.69, 9.17) is 0 Å². The molecule has 158 valence electrons. The van der Waals surface area contributed by atoms with Crippen LogP contribution in [0.2, 0.25) is 0 Å². The minimum Gasteiger partial charge on any atom is -0.504 e. The largest absolute Gasteiger partial charge is 0.504 e. The molecule has 8 heteroatoms. The highest BCUT2D eigenvalue weighted by Crippen LogP contribution is 2.33. The number of phenols is 2. The van der Waals surface area contributed by atoms with E-state index >= 15 is 0 Å². The number of benzene rings is 3. The molecule has 0 atom stereocenters. The summed E-state index contributed by atoms with van der Waals surface area (Å²) in [6, 6.07) is 20.1. The third-order valence-electron chi connectivity index (χ3n) is 4.53. The van der Waals surface area contributed by atoms with Crippen LogP contribution in [-0.2, 0) is 0 Å². The minimum atomic E-state index is -0.350. The van der Waals surface area contributed by atoms with Crippen molar-refractivity contribution in [3.8, 4) is 22.1 Å². The van der Waals surface area contributed by atoms with Crippen molar-refractivity contribution in [1.29, 1.82) is 0 Å². The quantitative estimate of drug-likeness (QED) is 0.225. The molecule has 4 rings (SSSR count). The molecule has 3 N–H and O–H groups in total. The molecule has 0 saturated carbocycles. The predicted octanol–water partition coefficient (Wildman–Crippen LogP) is 4.76. The molecule has 0 bridgehead atoms. The zero-order valence-corrected chi connectivity index (χ0v) is 17.4. The van der Waals surface area contributed by atoms with Gasteiger partial charge in [-0.3, -0.25) is 14.9 Å². The van der Waals surface area contributed by atoms with Crippen LogP contribution in [0.25, 0.3) is 16.6 Å². The molecule has 0 unspecified atom stereocenters. The lowest BCUT2D eigenvalue weighted by atomic mass is 10.1. The zero-order valence-electron chi connectivity index (χ0n) is 16.6. The van der Waals surface area contributed by atoms with Crippen LogP contribution in [0.4, 0.5) is 5.13 Å². The molecule has 3 aromatic carbocycles. The van der Waals surface area contributed by atoms with E-state index in [1.165, 1.54) is 18.2 Å². The number of carbonyl (C=O) groups excluding carboxylic acids is 2. The van der Waals surface area contributed by atoms with Gasteiger partial charge in [0.15, 0.2) is 17.3 Å². The van der Waals surface area contributed by atoms with Gasteiger partial charge in [-0.25, -0.2) is 0 Å². The number of ketones is 1. The van der Waals surface area contributed by atoms with Gasteiger partial charge in [0.25, 0.3) is 5.91 Å². The van der Waals surface area contributed by atoms with Crippen LogP contribution < -0.4 is 5.32 Å². The van der Waals surface area contributed by atoms with Crippen LogP contribution in [0, 0.1) is 0 Å². The van der Waals surface area contributed by atoms with Crippen molar-refractivity contribution in [2.24, 2.45) is 0 Å². The van der Waals surface area contributed by atoms with E-state index in [-0.39, 0.29) is 23.2 Å². The number of nitrogens with one attached hydrogen (secondary N) is 1. The molecule has 0 saturated heterocycles. The molecule has 7 nitrogen and oxygen atoms in total. The number of nitrogens with zero attached hydrogens (tertiary/aromatic N) is 2. The van der Waals surface area contributed by atoms with Crippen molar-refractivity contribution < 1.29 is 19.8 Å². The average Bonchev–Trinajstić information content (AvgIpc) is 3.28. The van der Waals surface area contributed by atoms with Crippen molar-refractivity contribution >= 4 is 34.2 Å². The summed E-state index contributed by atoms with van der Waals surface area (Å²) in [4.78, 5) is 24.7. The SMILES string of the molecule is O=C(/C=C/c1ccc(C(=O)Nc2nnc(-c3ccc(O)c(O)c3)s2)cc1)c1ccccc1. The van der Waals surface area contributed by atoms with Crippen LogP contribution in [-0.4, -0.2) is 32.1 Å². The van der Waals surface area contributed by atoms with E-state index in [9.17, 15) is 19.8 Å². The first-order valence-corrected chi connectivity index (χ1v) is 10.4. The van der Waals surface area contributed by atoms with Gasteiger partial charge in [-0.1, -0.05) is 59.9 Å². The monoisotopic (exact) mass is 443 g/mol. The fourth-order valence-electron chi connectivity index (χ4n) is 2.83. The Balaban J connectivity index is 1.40. The number of carbonyl (C=O) groups is 2. The number of anilines is 1. The Bertz CT molecular complexity index is 1300. The third kappa shape index (κ3) is 4.88. The summed E-state index contributed by atoms with van der Waals surface area (Å²) >= 11 is 1.14. The molecule has 0 aliphatic carbocycles. The van der Waals surface area contributed by atoms with Gasteiger partial charge >= 0.3 is 0 Å². The molecule has 0 aliphatic heterocycles. The molecule has 32 heavy (non-hydrogen) atoms. The second-order valence-corrected chi connectivity index (χ2v) is 7.73. The summed E-state index contributed by atoms with van der Waals surface area (Å²) in [5.41, 5.74) is 2.39. The Kier molecular flexibility index (Phi) is 6.05. The van der Waals surface area contributed by atoms with Crippen LogP contribution in [0.3, 0.4) is 0 Å². The third-order valence-corrected chi connectivity index (χ3v) is 5.41. The normalized spacial score (nSPS) is 10.9. The molecular weight excluding hydrogens is 426 g/mol. The lowest BCUT2D eigenvalue weighted by Crippen LogP contribution is -2.11. The number of allylic oxidation sites excluding steroid dienone is 1. The Hall–Kier alpha value is -4.30. The van der Waals surface area contributed by atoms with E-state index in [0.717, 1.165) is 16.9 Å². The van der Waals surface area contributed by atoms with Crippen molar-refractivity contribution in [2.45, 2.75) is 0 Å². The number of hydrogen-bond acceptors (Lipinski definition) is 7. The Labute approximate surface area is 187 Å². The molecule has 1 amide bonds. The van der Waals surface area contributed by atoms with Gasteiger partial charge < -0.3 is 10.2 Å². The van der Waals surface area contributed by atoms with Gasteiger partial charge in [0.2, 0.25) is 5.13 Å². The topological polar surface area (TPSA) is 112 Å². The number of hydrogen-bond donors (Lipinski definition) is 3. The maximum absolute atomic E-state index is 12.5. The smallest absolute Gasteiger partial charge is 0.257 e. The van der Waals surface area contributed by atoms with Crippen LogP contribution in [0.5, 0.6) is 11.5 Å². The van der Waals surface area contributed by atoms with Crippen LogP contribution >= 0.6 is 11.3 Å². The van der Waals surface area contributed by atoms with Crippen molar-refractivity contribution in [3.63, 3.8) is 0 Å². The molecule has 0 spiro atoms. The number of phenolic OH excluding ortho intramolecular Hbond substituents is 2. The summed E-state index contributed by atoms with van der Waals surface area (Å²) in [6.07, 6.45) is 3.19. The van der Waals surface area contributed by atoms with Gasteiger partial charge in [0.05, 0.1) is 0 Å². The molecule has 0 fully saturated rings. The summed E-state index contributed by atoms with van der Waals surface area (Å²) < 4.78 is 0. The van der Waals surface area contributed by atoms with E-state index in [2.05, 4.69) is 15.5 Å². The maximum atomic E-state index is 12.5. The molecule has 1 aromatic heterocycles. The van der Waals surface area contributed by atoms with Gasteiger partial charge in [-0.2, -0.15) is 0 Å². The predicted molar refractivity (Wildman–Crippen MR) is 123 cm³/mol. The molecule has 0 aliphatic rings. The van der Waals surface area contributed by atoms with Gasteiger partial charge in [0.1, 0.15) is 5.01 Å². The van der Waals surface area contributed by atoms with Gasteiger partial charge in [0, 0.05) is 16.7 Å². The standard InChI is InChI=1S/C24H17N3O4S/c28-19(16-4-2-1-3-5-16)12-8-15-6-9-17(10-7-15)22(31)25-24-27-26-23(32-24)18-11-13-20(29)21(30)14-18/h1-14,29-30H,(H,25,27,31)/b12-8+. The number of aromatic hydroxyl groups is 2. The van der Waals surface area contributed by atoms with Crippen LogP contribution in [0.1, 0.15) is 26.3 Å². The molecular formula is C24H17N3O4S.